The van der Waals surface area contributed by atoms with Crippen LogP contribution in [0, 0.1) is 5.41 Å². The Morgan fingerprint density at radius 2 is 1.97 bits per heavy atom. The molecule has 3 heterocycles. The van der Waals surface area contributed by atoms with Gasteiger partial charge in [-0.1, -0.05) is 35.6 Å². The number of rotatable bonds is 3. The molecule has 2 aliphatic rings. The van der Waals surface area contributed by atoms with Crippen LogP contribution in [-0.2, 0) is 15.8 Å². The number of thiazole rings is 1. The van der Waals surface area contributed by atoms with Crippen molar-refractivity contribution >= 4 is 40.7 Å². The first-order chi connectivity index (χ1) is 15.7. The van der Waals surface area contributed by atoms with Crippen molar-refractivity contribution in [3.63, 3.8) is 0 Å². The van der Waals surface area contributed by atoms with E-state index in [0.717, 1.165) is 23.5 Å². The van der Waals surface area contributed by atoms with E-state index < -0.39 is 34.9 Å². The van der Waals surface area contributed by atoms with Crippen LogP contribution in [0.5, 0.6) is 5.75 Å². The van der Waals surface area contributed by atoms with Crippen LogP contribution in [0.15, 0.2) is 58.4 Å². The molecule has 0 bridgehead atoms. The maximum atomic E-state index is 13.3. The molecule has 5 rings (SSSR count). The number of fused-ring (bicyclic) bond motifs is 5. The van der Waals surface area contributed by atoms with Gasteiger partial charge in [0, 0.05) is 34.2 Å². The van der Waals surface area contributed by atoms with E-state index in [9.17, 15) is 27.6 Å². The average Bonchev–Trinajstić information content (AvgIpc) is 3.13. The number of H-pyrrole nitrogens is 1. The summed E-state index contributed by atoms with van der Waals surface area (Å²) in [6.45, 7) is 0. The molecule has 0 aliphatic carbocycles. The normalized spacial score (nSPS) is 21.4. The highest BCUT2D eigenvalue weighted by Gasteiger charge is 2.57. The van der Waals surface area contributed by atoms with Crippen molar-refractivity contribution in [3.05, 3.63) is 74.2 Å². The Balaban J connectivity index is 1.52. The third-order valence-electron chi connectivity index (χ3n) is 5.72. The van der Waals surface area contributed by atoms with Crippen molar-refractivity contribution in [2.24, 2.45) is 5.41 Å². The van der Waals surface area contributed by atoms with Gasteiger partial charge in [-0.15, -0.1) is 11.8 Å². The highest BCUT2D eigenvalue weighted by molar-refractivity contribution is 7.99. The Hall–Kier alpha value is -3.05. The zero-order valence-electron chi connectivity index (χ0n) is 16.7. The van der Waals surface area contributed by atoms with E-state index in [-0.39, 0.29) is 22.7 Å². The Kier molecular flexibility index (Phi) is 5.13. The topological polar surface area (TPSA) is 88.3 Å². The number of anilines is 1. The minimum atomic E-state index is -4.55. The van der Waals surface area contributed by atoms with Gasteiger partial charge < -0.3 is 15.0 Å². The van der Waals surface area contributed by atoms with Crippen LogP contribution in [0.25, 0.3) is 0 Å². The molecule has 0 fully saturated rings. The van der Waals surface area contributed by atoms with Gasteiger partial charge in [-0.3, -0.25) is 14.4 Å². The molecule has 170 valence electrons. The second-order valence-corrected chi connectivity index (χ2v) is 9.82. The standard InChI is InChI=1S/C22H15F3N2O4S2/c23-22(24,25)11-4-3-5-12(8-11)26-15(28)9-21-10-32-18-17(33-20(30)27-18)16(21)13-6-1-2-7-14(13)31-19(21)29/h1-8,16H,9-10H2,(H,26,28)(H,27,30). The number of thioether (sulfide) groups is 1. The average molecular weight is 493 g/mol. The second-order valence-electron chi connectivity index (χ2n) is 7.82. The van der Waals surface area contributed by atoms with Crippen LogP contribution < -0.4 is 14.9 Å². The van der Waals surface area contributed by atoms with Gasteiger partial charge in [0.25, 0.3) is 0 Å². The number of ether oxygens (including phenoxy) is 1. The van der Waals surface area contributed by atoms with Crippen LogP contribution >= 0.6 is 23.1 Å². The first-order valence-electron chi connectivity index (χ1n) is 9.81. The number of nitrogens with one attached hydrogen (secondary N) is 2. The summed E-state index contributed by atoms with van der Waals surface area (Å²) in [4.78, 5) is 41.5. The monoisotopic (exact) mass is 492 g/mol. The van der Waals surface area contributed by atoms with E-state index in [1.807, 2.05) is 0 Å². The lowest BCUT2D eigenvalue weighted by molar-refractivity contribution is -0.149. The summed E-state index contributed by atoms with van der Waals surface area (Å²) in [6.07, 6.45) is -4.87. The van der Waals surface area contributed by atoms with Gasteiger partial charge in [-0.2, -0.15) is 13.2 Å². The van der Waals surface area contributed by atoms with Crippen molar-refractivity contribution in [2.75, 3.05) is 11.1 Å². The fourth-order valence-corrected chi connectivity index (χ4v) is 6.82. The summed E-state index contributed by atoms with van der Waals surface area (Å²) < 4.78 is 44.7. The number of benzene rings is 2. The zero-order valence-corrected chi connectivity index (χ0v) is 18.3. The summed E-state index contributed by atoms with van der Waals surface area (Å²) >= 11 is 2.23. The Bertz CT molecular complexity index is 1330. The maximum Gasteiger partial charge on any atom is 0.416 e. The van der Waals surface area contributed by atoms with Gasteiger partial charge in [0.05, 0.1) is 16.0 Å². The quantitative estimate of drug-likeness (QED) is 0.411. The molecule has 0 saturated heterocycles. The van der Waals surface area contributed by atoms with Crippen molar-refractivity contribution in [1.29, 1.82) is 0 Å². The van der Waals surface area contributed by atoms with Crippen molar-refractivity contribution < 1.29 is 27.5 Å². The minimum Gasteiger partial charge on any atom is -0.426 e. The number of para-hydroxylation sites is 1. The lowest BCUT2D eigenvalue weighted by Gasteiger charge is -2.44. The Labute approximate surface area is 193 Å². The van der Waals surface area contributed by atoms with E-state index in [1.54, 1.807) is 24.3 Å². The van der Waals surface area contributed by atoms with Crippen LogP contribution in [-0.4, -0.2) is 22.6 Å². The minimum absolute atomic E-state index is 0.0252. The second kappa shape index (κ2) is 7.77. The fraction of sp³-hybridized carbons (Fsp3) is 0.227. The van der Waals surface area contributed by atoms with E-state index in [4.69, 9.17) is 4.74 Å². The first kappa shape index (κ1) is 21.8. The Morgan fingerprint density at radius 3 is 2.76 bits per heavy atom. The molecular formula is C22H15F3N2O4S2. The third-order valence-corrected chi connectivity index (χ3v) is 8.07. The van der Waals surface area contributed by atoms with E-state index in [1.165, 1.54) is 23.9 Å². The lowest BCUT2D eigenvalue weighted by Crippen LogP contribution is -2.49. The number of esters is 1. The molecule has 1 amide bonds. The molecule has 2 aliphatic heterocycles. The number of carbonyl (C=O) groups excluding carboxylic acids is 2. The number of alkyl halides is 3. The van der Waals surface area contributed by atoms with Crippen molar-refractivity contribution in [2.45, 2.75) is 23.5 Å². The molecule has 1 aromatic heterocycles. The number of hydrogen-bond donors (Lipinski definition) is 2. The first-order valence-corrected chi connectivity index (χ1v) is 11.6. The molecule has 0 saturated carbocycles. The highest BCUT2D eigenvalue weighted by Crippen LogP contribution is 2.58. The van der Waals surface area contributed by atoms with Gasteiger partial charge in [-0.05, 0) is 24.3 Å². The number of halogens is 3. The number of carbonyl (C=O) groups is 2. The van der Waals surface area contributed by atoms with Gasteiger partial charge in [0.15, 0.2) is 0 Å². The summed E-state index contributed by atoms with van der Waals surface area (Å²) in [7, 11) is 0. The number of hydrogen-bond acceptors (Lipinski definition) is 6. The molecular weight excluding hydrogens is 477 g/mol. The maximum absolute atomic E-state index is 13.3. The lowest BCUT2D eigenvalue weighted by atomic mass is 9.68. The van der Waals surface area contributed by atoms with E-state index in [2.05, 4.69) is 10.3 Å². The van der Waals surface area contributed by atoms with Crippen LogP contribution in [0.2, 0.25) is 0 Å². The zero-order chi connectivity index (χ0) is 23.4. The smallest absolute Gasteiger partial charge is 0.416 e. The predicted molar refractivity (Wildman–Crippen MR) is 117 cm³/mol. The SMILES string of the molecule is O=C(CC12CSc3[nH]c(=O)sc3C1c1ccccc1OC2=O)Nc1cccc(C(F)(F)F)c1. The summed E-state index contributed by atoms with van der Waals surface area (Å²) in [5, 5.41) is 3.13. The van der Waals surface area contributed by atoms with Gasteiger partial charge in [0.1, 0.15) is 5.75 Å². The van der Waals surface area contributed by atoms with E-state index in [0.29, 0.717) is 21.2 Å². The third kappa shape index (κ3) is 3.74. The fourth-order valence-electron chi connectivity index (χ4n) is 4.28. The number of aromatic nitrogens is 1. The highest BCUT2D eigenvalue weighted by atomic mass is 32.2. The van der Waals surface area contributed by atoms with Crippen LogP contribution in [0.1, 0.15) is 28.3 Å². The molecule has 2 N–H and O–H groups in total. The predicted octanol–water partition coefficient (Wildman–Crippen LogP) is 4.63. The molecule has 0 spiro atoms. The van der Waals surface area contributed by atoms with Gasteiger partial charge in [0.2, 0.25) is 5.91 Å². The molecule has 0 radical (unpaired) electrons. The molecule has 2 unspecified atom stereocenters. The molecule has 2 aromatic carbocycles. The van der Waals surface area contributed by atoms with Gasteiger partial charge >= 0.3 is 17.0 Å². The van der Waals surface area contributed by atoms with E-state index >= 15 is 0 Å². The summed E-state index contributed by atoms with van der Waals surface area (Å²) in [5.74, 6) is -1.30. The van der Waals surface area contributed by atoms with Gasteiger partial charge in [-0.25, -0.2) is 0 Å². The summed E-state index contributed by atoms with van der Waals surface area (Å²) in [6, 6.07) is 11.2. The van der Waals surface area contributed by atoms with Crippen LogP contribution in [0.4, 0.5) is 18.9 Å². The number of aromatic amines is 1. The molecule has 6 nitrogen and oxygen atoms in total. The molecule has 11 heteroatoms. The van der Waals surface area contributed by atoms with Crippen molar-refractivity contribution in [1.82, 2.24) is 4.98 Å². The van der Waals surface area contributed by atoms with Crippen molar-refractivity contribution in [3.8, 4) is 5.75 Å². The van der Waals surface area contributed by atoms with Crippen LogP contribution in [0.3, 0.4) is 0 Å². The Morgan fingerprint density at radius 1 is 1.18 bits per heavy atom. The molecule has 3 aromatic rings. The number of amides is 1. The summed E-state index contributed by atoms with van der Waals surface area (Å²) in [5.41, 5.74) is -1.55. The molecule has 33 heavy (non-hydrogen) atoms. The largest absolute Gasteiger partial charge is 0.426 e. The molecule has 2 atom stereocenters.